The summed E-state index contributed by atoms with van der Waals surface area (Å²) in [6.07, 6.45) is 0. The average Bonchev–Trinajstić information content (AvgIpc) is 2.78. The minimum Gasteiger partial charge on any atom is -0.493 e. The lowest BCUT2D eigenvalue weighted by Crippen LogP contribution is -2.11. The Labute approximate surface area is 115 Å². The van der Waals surface area contributed by atoms with Gasteiger partial charge in [0.2, 0.25) is 0 Å². The fourth-order valence-electron chi connectivity index (χ4n) is 1.77. The highest BCUT2D eigenvalue weighted by Gasteiger charge is 2.14. The predicted molar refractivity (Wildman–Crippen MR) is 74.8 cm³/mol. The molecule has 0 saturated heterocycles. The summed E-state index contributed by atoms with van der Waals surface area (Å²) in [4.78, 5) is 0. The lowest BCUT2D eigenvalue weighted by atomic mass is 10.1. The first-order valence-electron chi connectivity index (χ1n) is 5.86. The Morgan fingerprint density at radius 2 is 2.11 bits per heavy atom. The first-order valence-corrected chi connectivity index (χ1v) is 6.65. The summed E-state index contributed by atoms with van der Waals surface area (Å²) in [6, 6.07) is 9.40. The molecule has 18 heavy (non-hydrogen) atoms. The van der Waals surface area contributed by atoms with E-state index in [2.05, 4.69) is 15.9 Å². The summed E-state index contributed by atoms with van der Waals surface area (Å²) in [6.45, 7) is 4.50. The number of rotatable bonds is 4. The van der Waals surface area contributed by atoms with Crippen LogP contribution in [0.15, 0.2) is 39.2 Å². The van der Waals surface area contributed by atoms with Crippen molar-refractivity contribution in [1.29, 1.82) is 0 Å². The molecule has 0 aliphatic heterocycles. The van der Waals surface area contributed by atoms with Crippen molar-refractivity contribution in [3.8, 4) is 5.75 Å². The molecule has 1 heterocycles. The number of hydrogen-bond acceptors (Lipinski definition) is 3. The molecule has 4 heteroatoms. The third-order valence-electron chi connectivity index (χ3n) is 2.68. The molecule has 0 fully saturated rings. The molecular weight excluding hydrogens is 294 g/mol. The van der Waals surface area contributed by atoms with Crippen LogP contribution in [0.4, 0.5) is 0 Å². The molecule has 1 aromatic heterocycles. The van der Waals surface area contributed by atoms with Crippen molar-refractivity contribution in [2.75, 3.05) is 6.61 Å². The Bertz CT molecular complexity index is 536. The predicted octanol–water partition coefficient (Wildman–Crippen LogP) is 3.80. The quantitative estimate of drug-likeness (QED) is 0.934. The van der Waals surface area contributed by atoms with Crippen LogP contribution in [0, 0.1) is 6.92 Å². The van der Waals surface area contributed by atoms with Gasteiger partial charge in [0, 0.05) is 0 Å². The van der Waals surface area contributed by atoms with Crippen LogP contribution in [0.2, 0.25) is 0 Å². The second-order valence-corrected chi connectivity index (χ2v) is 4.90. The Morgan fingerprint density at radius 1 is 1.33 bits per heavy atom. The molecule has 0 aliphatic carbocycles. The zero-order valence-corrected chi connectivity index (χ0v) is 12.0. The van der Waals surface area contributed by atoms with Gasteiger partial charge in [-0.05, 0) is 59.6 Å². The summed E-state index contributed by atoms with van der Waals surface area (Å²) < 4.78 is 11.9. The highest BCUT2D eigenvalue weighted by Crippen LogP contribution is 2.30. The molecule has 0 aliphatic rings. The molecule has 2 aromatic rings. The zero-order chi connectivity index (χ0) is 13.1. The van der Waals surface area contributed by atoms with Crippen LogP contribution in [0.5, 0.6) is 5.75 Å². The molecular formula is C14H16BrNO2. The van der Waals surface area contributed by atoms with Crippen molar-refractivity contribution in [1.82, 2.24) is 0 Å². The Balaban J connectivity index is 2.26. The van der Waals surface area contributed by atoms with Crippen LogP contribution < -0.4 is 10.5 Å². The Morgan fingerprint density at radius 3 is 2.67 bits per heavy atom. The monoisotopic (exact) mass is 309 g/mol. The van der Waals surface area contributed by atoms with E-state index in [0.29, 0.717) is 6.61 Å². The summed E-state index contributed by atoms with van der Waals surface area (Å²) in [5.74, 6) is 2.46. The maximum Gasteiger partial charge on any atom is 0.133 e. The number of benzene rings is 1. The van der Waals surface area contributed by atoms with Gasteiger partial charge in [-0.2, -0.15) is 0 Å². The third kappa shape index (κ3) is 2.76. The lowest BCUT2D eigenvalue weighted by Gasteiger charge is -2.12. The number of aryl methyl sites for hydroxylation is 1. The minimum absolute atomic E-state index is 0.259. The van der Waals surface area contributed by atoms with E-state index in [1.165, 1.54) is 0 Å². The maximum atomic E-state index is 6.17. The number of hydrogen-bond donors (Lipinski definition) is 1. The molecule has 1 atom stereocenters. The van der Waals surface area contributed by atoms with Gasteiger partial charge in [0.15, 0.2) is 0 Å². The standard InChI is InChI=1S/C14H16BrNO2/c1-3-17-12-7-5-10(8-11(12)15)14(16)13-6-4-9(2)18-13/h4-8,14H,3,16H2,1-2H3. The lowest BCUT2D eigenvalue weighted by molar-refractivity contribution is 0.338. The summed E-state index contributed by atoms with van der Waals surface area (Å²) in [7, 11) is 0. The second kappa shape index (κ2) is 5.59. The number of halogens is 1. The van der Waals surface area contributed by atoms with Crippen molar-refractivity contribution in [3.63, 3.8) is 0 Å². The normalized spacial score (nSPS) is 12.4. The molecule has 0 bridgehead atoms. The van der Waals surface area contributed by atoms with Crippen LogP contribution >= 0.6 is 15.9 Å². The molecule has 2 rings (SSSR count). The Hall–Kier alpha value is -1.26. The number of nitrogens with two attached hydrogens (primary N) is 1. The third-order valence-corrected chi connectivity index (χ3v) is 3.30. The highest BCUT2D eigenvalue weighted by atomic mass is 79.9. The van der Waals surface area contributed by atoms with Gasteiger partial charge < -0.3 is 14.9 Å². The zero-order valence-electron chi connectivity index (χ0n) is 10.4. The van der Waals surface area contributed by atoms with Crippen LogP contribution in [0.3, 0.4) is 0 Å². The minimum atomic E-state index is -0.259. The van der Waals surface area contributed by atoms with E-state index in [9.17, 15) is 0 Å². The second-order valence-electron chi connectivity index (χ2n) is 4.05. The van der Waals surface area contributed by atoms with Gasteiger partial charge in [-0.3, -0.25) is 0 Å². The smallest absolute Gasteiger partial charge is 0.133 e. The van der Waals surface area contributed by atoms with Gasteiger partial charge in [0.1, 0.15) is 17.3 Å². The molecule has 2 N–H and O–H groups in total. The van der Waals surface area contributed by atoms with Crippen molar-refractivity contribution in [2.45, 2.75) is 19.9 Å². The van der Waals surface area contributed by atoms with Gasteiger partial charge in [-0.1, -0.05) is 6.07 Å². The Kier molecular flexibility index (Phi) is 4.09. The van der Waals surface area contributed by atoms with E-state index in [1.807, 2.05) is 44.2 Å². The van der Waals surface area contributed by atoms with Gasteiger partial charge in [0.25, 0.3) is 0 Å². The number of furan rings is 1. The van der Waals surface area contributed by atoms with Crippen LogP contribution in [-0.2, 0) is 0 Å². The largest absolute Gasteiger partial charge is 0.493 e. The molecule has 0 saturated carbocycles. The molecule has 0 spiro atoms. The molecule has 0 amide bonds. The highest BCUT2D eigenvalue weighted by molar-refractivity contribution is 9.10. The first kappa shape index (κ1) is 13.2. The van der Waals surface area contributed by atoms with Crippen LogP contribution in [0.25, 0.3) is 0 Å². The molecule has 3 nitrogen and oxygen atoms in total. The first-order chi connectivity index (χ1) is 8.61. The fourth-order valence-corrected chi connectivity index (χ4v) is 2.28. The van der Waals surface area contributed by atoms with E-state index in [4.69, 9.17) is 14.9 Å². The van der Waals surface area contributed by atoms with Crippen molar-refractivity contribution >= 4 is 15.9 Å². The van der Waals surface area contributed by atoms with E-state index in [0.717, 1.165) is 27.3 Å². The molecule has 0 radical (unpaired) electrons. The topological polar surface area (TPSA) is 48.4 Å². The van der Waals surface area contributed by atoms with E-state index < -0.39 is 0 Å². The summed E-state index contributed by atoms with van der Waals surface area (Å²) in [5.41, 5.74) is 7.15. The maximum absolute atomic E-state index is 6.17. The molecule has 96 valence electrons. The van der Waals surface area contributed by atoms with E-state index in [1.54, 1.807) is 0 Å². The van der Waals surface area contributed by atoms with Gasteiger partial charge in [0.05, 0.1) is 17.1 Å². The summed E-state index contributed by atoms with van der Waals surface area (Å²) >= 11 is 3.48. The van der Waals surface area contributed by atoms with Crippen LogP contribution in [0.1, 0.15) is 30.0 Å². The van der Waals surface area contributed by atoms with Gasteiger partial charge in [-0.15, -0.1) is 0 Å². The van der Waals surface area contributed by atoms with Crippen molar-refractivity contribution in [3.05, 3.63) is 51.9 Å². The van der Waals surface area contributed by atoms with Crippen LogP contribution in [-0.4, -0.2) is 6.61 Å². The van der Waals surface area contributed by atoms with Gasteiger partial charge in [-0.25, -0.2) is 0 Å². The fraction of sp³-hybridized carbons (Fsp3) is 0.286. The van der Waals surface area contributed by atoms with E-state index in [-0.39, 0.29) is 6.04 Å². The SMILES string of the molecule is CCOc1ccc(C(N)c2ccc(C)o2)cc1Br. The average molecular weight is 310 g/mol. The van der Waals surface area contributed by atoms with Crippen molar-refractivity contribution < 1.29 is 9.15 Å². The van der Waals surface area contributed by atoms with Gasteiger partial charge >= 0.3 is 0 Å². The molecule has 1 unspecified atom stereocenters. The summed E-state index contributed by atoms with van der Waals surface area (Å²) in [5, 5.41) is 0. The molecule has 1 aromatic carbocycles. The van der Waals surface area contributed by atoms with E-state index >= 15 is 0 Å². The van der Waals surface area contributed by atoms with Crippen molar-refractivity contribution in [2.24, 2.45) is 5.73 Å². The number of ether oxygens (including phenoxy) is 1.